The van der Waals surface area contributed by atoms with Crippen LogP contribution in [0.2, 0.25) is 0 Å². The Bertz CT molecular complexity index is 1350. The van der Waals surface area contributed by atoms with Crippen molar-refractivity contribution in [2.45, 2.75) is 26.3 Å². The molecule has 7 nitrogen and oxygen atoms in total. The van der Waals surface area contributed by atoms with Crippen LogP contribution in [0.25, 0.3) is 5.76 Å². The number of rotatable bonds is 12. The molecule has 3 aromatic rings. The van der Waals surface area contributed by atoms with E-state index in [2.05, 4.69) is 6.58 Å². The zero-order valence-electron chi connectivity index (χ0n) is 22.3. The van der Waals surface area contributed by atoms with Gasteiger partial charge in [0.15, 0.2) is 11.5 Å². The highest BCUT2D eigenvalue weighted by Crippen LogP contribution is 2.42. The fraction of sp³-hybridized carbons (Fsp3) is 0.250. The highest BCUT2D eigenvalue weighted by Gasteiger charge is 2.46. The maximum Gasteiger partial charge on any atom is 0.295 e. The number of likely N-dealkylation sites (tertiary alicyclic amines) is 1. The number of Topliss-reactive ketones (excluding diaryl/α,β-unsaturated/α-hetero) is 1. The lowest BCUT2D eigenvalue weighted by atomic mass is 9.94. The van der Waals surface area contributed by atoms with Crippen molar-refractivity contribution in [3.8, 4) is 17.2 Å². The van der Waals surface area contributed by atoms with Gasteiger partial charge in [0.05, 0.1) is 24.8 Å². The molecule has 202 valence electrons. The van der Waals surface area contributed by atoms with E-state index in [0.717, 1.165) is 5.56 Å². The number of aliphatic hydroxyl groups excluding tert-OH is 1. The molecule has 0 bridgehead atoms. The predicted octanol–water partition coefficient (Wildman–Crippen LogP) is 5.71. The molecule has 0 aromatic heterocycles. The number of ketones is 1. The second kappa shape index (κ2) is 12.8. The van der Waals surface area contributed by atoms with E-state index in [0.29, 0.717) is 54.6 Å². The third-order valence-corrected chi connectivity index (χ3v) is 6.40. The van der Waals surface area contributed by atoms with E-state index in [1.54, 1.807) is 48.5 Å². The Morgan fingerprint density at radius 3 is 2.31 bits per heavy atom. The third kappa shape index (κ3) is 6.14. The smallest absolute Gasteiger partial charge is 0.295 e. The van der Waals surface area contributed by atoms with E-state index < -0.39 is 17.7 Å². The summed E-state index contributed by atoms with van der Waals surface area (Å²) in [6.07, 6.45) is 2.19. The Morgan fingerprint density at radius 2 is 1.64 bits per heavy atom. The highest BCUT2D eigenvalue weighted by atomic mass is 16.5. The molecule has 4 rings (SSSR count). The molecule has 0 spiro atoms. The lowest BCUT2D eigenvalue weighted by Gasteiger charge is -2.26. The van der Waals surface area contributed by atoms with Gasteiger partial charge >= 0.3 is 0 Å². The van der Waals surface area contributed by atoms with Crippen LogP contribution in [-0.2, 0) is 16.0 Å². The van der Waals surface area contributed by atoms with Crippen molar-refractivity contribution < 1.29 is 28.9 Å². The van der Waals surface area contributed by atoms with Crippen LogP contribution in [0.15, 0.2) is 91.0 Å². The Kier molecular flexibility index (Phi) is 9.05. The van der Waals surface area contributed by atoms with Crippen molar-refractivity contribution in [1.82, 2.24) is 4.90 Å². The van der Waals surface area contributed by atoms with Crippen molar-refractivity contribution >= 4 is 17.4 Å². The minimum Gasteiger partial charge on any atom is -0.507 e. The van der Waals surface area contributed by atoms with Crippen molar-refractivity contribution in [2.75, 3.05) is 26.4 Å². The summed E-state index contributed by atoms with van der Waals surface area (Å²) in [6.45, 7) is 8.93. The summed E-state index contributed by atoms with van der Waals surface area (Å²) < 4.78 is 17.1. The number of hydrogen-bond donors (Lipinski definition) is 1. The first kappa shape index (κ1) is 27.5. The third-order valence-electron chi connectivity index (χ3n) is 6.40. The van der Waals surface area contributed by atoms with Gasteiger partial charge in [-0.2, -0.15) is 0 Å². The average Bonchev–Trinajstić information content (AvgIpc) is 3.21. The van der Waals surface area contributed by atoms with E-state index in [9.17, 15) is 14.7 Å². The molecule has 1 N–H and O–H groups in total. The minimum atomic E-state index is -0.812. The van der Waals surface area contributed by atoms with Crippen molar-refractivity contribution in [2.24, 2.45) is 0 Å². The zero-order valence-corrected chi connectivity index (χ0v) is 22.3. The first-order valence-corrected chi connectivity index (χ1v) is 13.0. The maximum atomic E-state index is 13.4. The summed E-state index contributed by atoms with van der Waals surface area (Å²) in [4.78, 5) is 28.3. The summed E-state index contributed by atoms with van der Waals surface area (Å²) in [5.41, 5.74) is 2.11. The summed E-state index contributed by atoms with van der Waals surface area (Å²) in [6, 6.07) is 21.0. The number of carbonyl (C=O) groups is 2. The SMILES string of the molecule is C=CCOc1ccc(C2/C(=C(\O)c3ccc(OCC)cc3)C(=O)C(=O)N2CCc2ccccc2)cc1OCC. The number of benzene rings is 3. The fourth-order valence-corrected chi connectivity index (χ4v) is 4.61. The second-order valence-corrected chi connectivity index (χ2v) is 8.92. The molecular weight excluding hydrogens is 494 g/mol. The molecule has 1 aliphatic heterocycles. The quantitative estimate of drug-likeness (QED) is 0.141. The molecule has 1 fully saturated rings. The van der Waals surface area contributed by atoms with Crippen LogP contribution < -0.4 is 14.2 Å². The van der Waals surface area contributed by atoms with Crippen LogP contribution in [0.3, 0.4) is 0 Å². The van der Waals surface area contributed by atoms with Crippen LogP contribution >= 0.6 is 0 Å². The standard InChI is InChI=1S/C32H33NO6/c1-4-20-39-26-17-14-24(21-27(26)38-6-3)29-28(30(34)23-12-15-25(16-13-23)37-5-2)31(35)32(36)33(29)19-18-22-10-8-7-9-11-22/h4,7-17,21,29,34H,1,5-6,18-20H2,2-3H3/b30-28+. The molecule has 0 saturated carbocycles. The molecule has 0 radical (unpaired) electrons. The Labute approximate surface area is 228 Å². The number of hydrogen-bond acceptors (Lipinski definition) is 6. The van der Waals surface area contributed by atoms with E-state index in [4.69, 9.17) is 14.2 Å². The van der Waals surface area contributed by atoms with Gasteiger partial charge < -0.3 is 24.2 Å². The van der Waals surface area contributed by atoms with E-state index in [1.807, 2.05) is 44.2 Å². The van der Waals surface area contributed by atoms with Crippen molar-refractivity contribution in [3.05, 3.63) is 108 Å². The Hall–Kier alpha value is -4.52. The van der Waals surface area contributed by atoms with E-state index in [1.165, 1.54) is 4.90 Å². The molecule has 39 heavy (non-hydrogen) atoms. The molecular formula is C32H33NO6. The first-order chi connectivity index (χ1) is 19.0. The number of amides is 1. The van der Waals surface area contributed by atoms with Crippen LogP contribution in [0.4, 0.5) is 0 Å². The van der Waals surface area contributed by atoms with Gasteiger partial charge in [-0.25, -0.2) is 0 Å². The zero-order chi connectivity index (χ0) is 27.8. The van der Waals surface area contributed by atoms with Gasteiger partial charge in [-0.15, -0.1) is 0 Å². The largest absolute Gasteiger partial charge is 0.507 e. The molecule has 1 aliphatic rings. The van der Waals surface area contributed by atoms with Gasteiger partial charge in [-0.05, 0) is 67.8 Å². The number of carbonyl (C=O) groups excluding carboxylic acids is 2. The summed E-state index contributed by atoms with van der Waals surface area (Å²) >= 11 is 0. The van der Waals surface area contributed by atoms with E-state index in [-0.39, 0.29) is 17.9 Å². The van der Waals surface area contributed by atoms with Crippen LogP contribution in [0.5, 0.6) is 17.2 Å². The summed E-state index contributed by atoms with van der Waals surface area (Å²) in [5, 5.41) is 11.4. The monoisotopic (exact) mass is 527 g/mol. The second-order valence-electron chi connectivity index (χ2n) is 8.92. The number of ether oxygens (including phenoxy) is 3. The van der Waals surface area contributed by atoms with Gasteiger partial charge in [-0.3, -0.25) is 9.59 Å². The molecule has 3 aromatic carbocycles. The normalized spacial score (nSPS) is 16.3. The van der Waals surface area contributed by atoms with Crippen molar-refractivity contribution in [1.29, 1.82) is 0 Å². The lowest BCUT2D eigenvalue weighted by Crippen LogP contribution is -2.31. The van der Waals surface area contributed by atoms with Gasteiger partial charge in [0.1, 0.15) is 18.1 Å². The van der Waals surface area contributed by atoms with Crippen LogP contribution in [0, 0.1) is 0 Å². The van der Waals surface area contributed by atoms with Gasteiger partial charge in [0.2, 0.25) is 0 Å². The average molecular weight is 528 g/mol. The predicted molar refractivity (Wildman–Crippen MR) is 150 cm³/mol. The molecule has 0 aliphatic carbocycles. The Morgan fingerprint density at radius 1 is 0.923 bits per heavy atom. The first-order valence-electron chi connectivity index (χ1n) is 13.0. The minimum absolute atomic E-state index is 0.0272. The fourth-order valence-electron chi connectivity index (χ4n) is 4.61. The molecule has 1 atom stereocenters. The molecule has 1 saturated heterocycles. The molecule has 1 amide bonds. The maximum absolute atomic E-state index is 13.4. The number of aliphatic hydroxyl groups is 1. The van der Waals surface area contributed by atoms with Gasteiger partial charge in [-0.1, -0.05) is 49.1 Å². The van der Waals surface area contributed by atoms with Gasteiger partial charge in [0.25, 0.3) is 11.7 Å². The van der Waals surface area contributed by atoms with Gasteiger partial charge in [0, 0.05) is 12.1 Å². The lowest BCUT2D eigenvalue weighted by molar-refractivity contribution is -0.139. The highest BCUT2D eigenvalue weighted by molar-refractivity contribution is 6.46. The number of nitrogens with zero attached hydrogens (tertiary/aromatic N) is 1. The van der Waals surface area contributed by atoms with Crippen LogP contribution in [-0.4, -0.2) is 48.1 Å². The van der Waals surface area contributed by atoms with E-state index >= 15 is 0 Å². The van der Waals surface area contributed by atoms with Crippen LogP contribution in [0.1, 0.15) is 36.6 Å². The summed E-state index contributed by atoms with van der Waals surface area (Å²) in [7, 11) is 0. The molecule has 7 heteroatoms. The molecule has 1 heterocycles. The topological polar surface area (TPSA) is 85.3 Å². The Balaban J connectivity index is 1.80. The molecule has 1 unspecified atom stereocenters. The summed E-state index contributed by atoms with van der Waals surface area (Å²) in [5.74, 6) is 0.0106. The van der Waals surface area contributed by atoms with Crippen molar-refractivity contribution in [3.63, 3.8) is 0 Å².